The van der Waals surface area contributed by atoms with Crippen molar-refractivity contribution < 1.29 is 20.9 Å². The zero-order valence-corrected chi connectivity index (χ0v) is 14.7. The van der Waals surface area contributed by atoms with Gasteiger partial charge in [-0.25, -0.2) is 0 Å². The second-order valence-corrected chi connectivity index (χ2v) is 6.22. The number of aliphatic hydroxyl groups is 1. The van der Waals surface area contributed by atoms with E-state index in [2.05, 4.69) is 0 Å². The second-order valence-electron chi connectivity index (χ2n) is 6.22. The lowest BCUT2D eigenvalue weighted by molar-refractivity contribution is -0.119. The van der Waals surface area contributed by atoms with Gasteiger partial charge in [-0.2, -0.15) is 0 Å². The van der Waals surface area contributed by atoms with Crippen molar-refractivity contribution >= 4 is 11.6 Å². The van der Waals surface area contributed by atoms with Crippen molar-refractivity contribution in [3.8, 4) is 0 Å². The van der Waals surface area contributed by atoms with Crippen LogP contribution in [0.2, 0.25) is 0 Å². The highest BCUT2D eigenvalue weighted by atomic mass is 16.3. The van der Waals surface area contributed by atoms with Crippen LogP contribution < -0.4 is 4.90 Å². The molecular formula is C22H28N2O2. The first-order valence-electron chi connectivity index (χ1n) is 12.7. The third kappa shape index (κ3) is 4.51. The highest BCUT2D eigenvalue weighted by molar-refractivity contribution is 5.93. The molecule has 4 heteroatoms. The Bertz CT molecular complexity index is 1020. The molecule has 0 spiro atoms. The lowest BCUT2D eigenvalue weighted by atomic mass is 10.0. The zero-order valence-electron chi connectivity index (χ0n) is 22.7. The number of hydrogen-bond acceptors (Lipinski definition) is 3. The van der Waals surface area contributed by atoms with E-state index in [1.54, 1.807) is 30.3 Å². The van der Waals surface area contributed by atoms with Crippen LogP contribution in [0.15, 0.2) is 60.5 Å². The molecule has 0 saturated carbocycles. The highest BCUT2D eigenvalue weighted by Gasteiger charge is 2.29. The van der Waals surface area contributed by atoms with Crippen LogP contribution in [0.3, 0.4) is 0 Å². The van der Waals surface area contributed by atoms with Crippen LogP contribution >= 0.6 is 0 Å². The molecular weight excluding hydrogens is 324 g/mol. The maximum atomic E-state index is 13.1. The molecule has 1 N–H and O–H groups in total. The van der Waals surface area contributed by atoms with Gasteiger partial charge >= 0.3 is 0 Å². The number of anilines is 1. The molecule has 138 valence electrons. The molecule has 1 aliphatic heterocycles. The average Bonchev–Trinajstić information content (AvgIpc) is 2.79. The number of hydrogen-bond donors (Lipinski definition) is 1. The van der Waals surface area contributed by atoms with Crippen LogP contribution in [0.4, 0.5) is 5.69 Å². The molecule has 1 amide bonds. The lowest BCUT2D eigenvalue weighted by Gasteiger charge is -2.39. The summed E-state index contributed by atoms with van der Waals surface area (Å²) in [6.45, 7) is 1.84. The van der Waals surface area contributed by atoms with E-state index in [1.807, 2.05) is 4.90 Å². The van der Waals surface area contributed by atoms with Crippen LogP contribution in [0, 0.1) is 0 Å². The van der Waals surface area contributed by atoms with Gasteiger partial charge < -0.3 is 14.9 Å². The first-order valence-corrected chi connectivity index (χ1v) is 8.66. The number of nitrogens with zero attached hydrogens (tertiary/aromatic N) is 2. The first kappa shape index (κ1) is 10.9. The standard InChI is InChI=1S/C22H28N2O2/c1-2-22(26)24(19-11-7-4-8-12-19)20-13-15-23(16-14-20)17-21(25)18-9-5-3-6-10-18/h3-12,20-21,25H,2,13-17H2,1H3/i2D2,4D,7D,8D,11D,12D,21D. The summed E-state index contributed by atoms with van der Waals surface area (Å²) in [7, 11) is 0. The first-order chi connectivity index (χ1) is 15.8. The Kier molecular flexibility index (Phi) is 3.74. The van der Waals surface area contributed by atoms with Crippen molar-refractivity contribution in [2.75, 3.05) is 24.5 Å². The zero-order chi connectivity index (χ0) is 25.4. The van der Waals surface area contributed by atoms with E-state index in [-0.39, 0.29) is 12.2 Å². The molecule has 0 aromatic heterocycles. The van der Waals surface area contributed by atoms with Crippen LogP contribution in [0.5, 0.6) is 0 Å². The largest absolute Gasteiger partial charge is 0.387 e. The predicted octanol–water partition coefficient (Wildman–Crippen LogP) is 3.63. The van der Waals surface area contributed by atoms with Gasteiger partial charge in [0, 0.05) is 40.5 Å². The minimum atomic E-state index is -2.32. The summed E-state index contributed by atoms with van der Waals surface area (Å²) in [6, 6.07) is 5.11. The summed E-state index contributed by atoms with van der Waals surface area (Å²) >= 11 is 0. The number of β-amino-alcohol motifs (C(OH)–C–C–N with tert-alkyl or cyclic N) is 1. The number of amides is 1. The third-order valence-electron chi connectivity index (χ3n) is 4.56. The normalized spacial score (nSPS) is 23.2. The molecule has 2 aromatic rings. The van der Waals surface area contributed by atoms with Gasteiger partial charge in [0.25, 0.3) is 0 Å². The minimum absolute atomic E-state index is 0.0287. The van der Waals surface area contributed by atoms with Crippen molar-refractivity contribution in [1.82, 2.24) is 4.90 Å². The molecule has 1 saturated heterocycles. The van der Waals surface area contributed by atoms with Crippen LogP contribution in [-0.2, 0) is 4.79 Å². The maximum absolute atomic E-state index is 13.1. The molecule has 0 aliphatic carbocycles. The fourth-order valence-corrected chi connectivity index (χ4v) is 3.20. The summed E-state index contributed by atoms with van der Waals surface area (Å²) in [5.74, 6) is -0.981. The smallest absolute Gasteiger partial charge is 0.226 e. The average molecular weight is 361 g/mol. The SMILES string of the molecule is [2H]c1c([2H])c([2H])c(N(C(=O)C([2H])([2H])C)C2CCN(CC([2H])(O)c3ccccc3)CC2)c([2H])c1[2H]. The van der Waals surface area contributed by atoms with E-state index in [1.165, 1.54) is 0 Å². The van der Waals surface area contributed by atoms with Gasteiger partial charge in [-0.3, -0.25) is 4.79 Å². The minimum Gasteiger partial charge on any atom is -0.387 e. The summed E-state index contributed by atoms with van der Waals surface area (Å²) in [5.41, 5.74) is 0.119. The van der Waals surface area contributed by atoms with Gasteiger partial charge in [0.15, 0.2) is 0 Å². The molecule has 0 bridgehead atoms. The van der Waals surface area contributed by atoms with E-state index in [0.717, 1.165) is 11.8 Å². The Morgan fingerprint density at radius 1 is 1.31 bits per heavy atom. The number of piperidine rings is 1. The molecule has 2 aromatic carbocycles. The topological polar surface area (TPSA) is 43.8 Å². The molecule has 1 aliphatic rings. The fourth-order valence-electron chi connectivity index (χ4n) is 3.20. The van der Waals surface area contributed by atoms with Crippen molar-refractivity contribution in [2.45, 2.75) is 38.3 Å². The Balaban J connectivity index is 1.88. The Morgan fingerprint density at radius 3 is 2.58 bits per heavy atom. The van der Waals surface area contributed by atoms with Crippen molar-refractivity contribution in [3.05, 3.63) is 66.1 Å². The number of para-hydroxylation sites is 1. The molecule has 3 rings (SSSR count). The number of rotatable bonds is 6. The van der Waals surface area contributed by atoms with Crippen molar-refractivity contribution in [2.24, 2.45) is 0 Å². The highest BCUT2D eigenvalue weighted by Crippen LogP contribution is 2.25. The number of carbonyl (C=O) groups is 1. The Hall–Kier alpha value is -2.17. The van der Waals surface area contributed by atoms with Crippen molar-refractivity contribution in [3.63, 3.8) is 0 Å². The molecule has 1 heterocycles. The van der Waals surface area contributed by atoms with Gasteiger partial charge in [-0.05, 0) is 30.5 Å². The fraction of sp³-hybridized carbons (Fsp3) is 0.409. The lowest BCUT2D eigenvalue weighted by Crippen LogP contribution is -2.48. The van der Waals surface area contributed by atoms with Crippen LogP contribution in [0.1, 0.15) is 48.7 Å². The molecule has 1 atom stereocenters. The van der Waals surface area contributed by atoms with E-state index in [4.69, 9.17) is 11.0 Å². The van der Waals surface area contributed by atoms with Crippen LogP contribution in [-0.4, -0.2) is 41.6 Å². The van der Waals surface area contributed by atoms with Gasteiger partial charge in [-0.15, -0.1) is 0 Å². The third-order valence-corrected chi connectivity index (χ3v) is 4.56. The maximum Gasteiger partial charge on any atom is 0.226 e. The summed E-state index contributed by atoms with van der Waals surface area (Å²) in [4.78, 5) is 16.0. The van der Waals surface area contributed by atoms with E-state index < -0.39 is 54.6 Å². The van der Waals surface area contributed by atoms with E-state index in [9.17, 15) is 9.90 Å². The number of benzene rings is 2. The van der Waals surface area contributed by atoms with Gasteiger partial charge in [0.2, 0.25) is 5.91 Å². The Labute approximate surface area is 167 Å². The quantitative estimate of drug-likeness (QED) is 0.855. The molecule has 4 nitrogen and oxygen atoms in total. The molecule has 1 unspecified atom stereocenters. The van der Waals surface area contributed by atoms with Crippen LogP contribution in [0.25, 0.3) is 0 Å². The van der Waals surface area contributed by atoms with Crippen molar-refractivity contribution in [1.29, 1.82) is 0 Å². The van der Waals surface area contributed by atoms with Gasteiger partial charge in [0.05, 0.1) is 14.3 Å². The summed E-state index contributed by atoms with van der Waals surface area (Å²) < 4.78 is 64.5. The number of carbonyl (C=O) groups excluding carboxylic acids is 1. The monoisotopic (exact) mass is 360 g/mol. The van der Waals surface area contributed by atoms with Gasteiger partial charge in [-0.1, -0.05) is 55.4 Å². The number of likely N-dealkylation sites (tertiary alicyclic amines) is 1. The van der Waals surface area contributed by atoms with E-state index >= 15 is 0 Å². The summed E-state index contributed by atoms with van der Waals surface area (Å²) in [6.07, 6.45) is -3.53. The molecule has 0 radical (unpaired) electrons. The second kappa shape index (κ2) is 8.97. The Morgan fingerprint density at radius 2 is 1.96 bits per heavy atom. The van der Waals surface area contributed by atoms with Gasteiger partial charge in [0.1, 0.15) is 0 Å². The predicted molar refractivity (Wildman–Crippen MR) is 105 cm³/mol. The van der Waals surface area contributed by atoms with E-state index in [0.29, 0.717) is 31.5 Å². The molecule has 1 fully saturated rings. The molecule has 26 heavy (non-hydrogen) atoms. The summed E-state index contributed by atoms with van der Waals surface area (Å²) in [5, 5.41) is 10.6.